The van der Waals surface area contributed by atoms with Crippen molar-refractivity contribution in [3.05, 3.63) is 22.4 Å². The summed E-state index contributed by atoms with van der Waals surface area (Å²) in [6.45, 7) is 9.19. The fraction of sp³-hybridized carbons (Fsp3) is 0.600. The molecule has 1 fully saturated rings. The first-order valence-electron chi connectivity index (χ1n) is 4.73. The monoisotopic (exact) mass is 180 g/mol. The lowest BCUT2D eigenvalue weighted by Gasteiger charge is -2.08. The van der Waals surface area contributed by atoms with Crippen molar-refractivity contribution < 1.29 is 0 Å². The lowest BCUT2D eigenvalue weighted by Crippen LogP contribution is -2.06. The summed E-state index contributed by atoms with van der Waals surface area (Å²) in [5, 5.41) is 0. The van der Waals surface area contributed by atoms with E-state index in [4.69, 9.17) is 0 Å². The van der Waals surface area contributed by atoms with Crippen LogP contribution >= 0.6 is 11.8 Å². The van der Waals surface area contributed by atoms with Gasteiger partial charge in [0.05, 0.1) is 0 Å². The zero-order valence-electron chi connectivity index (χ0n) is 8.10. The Morgan fingerprint density at radius 1 is 1.42 bits per heavy atom. The Bertz CT molecular complexity index is 190. The van der Waals surface area contributed by atoms with Gasteiger partial charge in [0, 0.05) is 0 Å². The smallest absolute Gasteiger partial charge is 0.110 e. The molecule has 1 aliphatic heterocycles. The molecular weight excluding hydrogens is 163 g/mol. The molecule has 0 atom stereocenters. The number of hydrogen-bond acceptors (Lipinski definition) is 1. The summed E-state index contributed by atoms with van der Waals surface area (Å²) in [6, 6.07) is 0. The van der Waals surface area contributed by atoms with Crippen molar-refractivity contribution in [3.63, 3.8) is 0 Å². The molecule has 1 saturated heterocycles. The predicted molar refractivity (Wildman–Crippen MR) is 60.8 cm³/mol. The summed E-state index contributed by atoms with van der Waals surface area (Å²) in [7, 11) is 0. The third kappa shape index (κ3) is 2.74. The van der Waals surface area contributed by atoms with E-state index in [1.165, 1.54) is 35.2 Å². The van der Waals surface area contributed by atoms with Crippen molar-refractivity contribution in [2.75, 3.05) is 0 Å². The van der Waals surface area contributed by atoms with Crippen molar-refractivity contribution in [2.24, 2.45) is 0 Å². The molecule has 1 aliphatic rings. The van der Waals surface area contributed by atoms with Gasteiger partial charge in [0.15, 0.2) is 6.71 Å². The molecule has 0 saturated carbocycles. The lowest BCUT2D eigenvalue weighted by atomic mass is 9.48. The van der Waals surface area contributed by atoms with Gasteiger partial charge < -0.3 is 0 Å². The van der Waals surface area contributed by atoms with Gasteiger partial charge in [0.1, 0.15) is 0 Å². The Kier molecular flexibility index (Phi) is 4.00. The van der Waals surface area contributed by atoms with Crippen LogP contribution in [0.5, 0.6) is 0 Å². The minimum Gasteiger partial charge on any atom is -0.110 e. The molecule has 2 heteroatoms. The molecule has 0 aromatic rings. The molecule has 0 amide bonds. The quantitative estimate of drug-likeness (QED) is 0.592. The van der Waals surface area contributed by atoms with Crippen LogP contribution in [0.3, 0.4) is 0 Å². The summed E-state index contributed by atoms with van der Waals surface area (Å²) < 4.78 is 0. The molecule has 0 N–H and O–H groups in total. The van der Waals surface area contributed by atoms with E-state index in [1.54, 1.807) is 0 Å². The molecule has 0 unspecified atom stereocenters. The molecule has 0 spiro atoms. The zero-order valence-corrected chi connectivity index (χ0v) is 8.91. The molecule has 1 heterocycles. The SMILES string of the molecule is C=C(S/C(C)=C\C)B1CCCC1. The van der Waals surface area contributed by atoms with Crippen LogP contribution in [-0.2, 0) is 0 Å². The minimum absolute atomic E-state index is 0.796. The molecule has 0 nitrogen and oxygen atoms in total. The first kappa shape index (κ1) is 9.98. The number of rotatable bonds is 3. The second-order valence-corrected chi connectivity index (χ2v) is 4.82. The Balaban J connectivity index is 2.37. The van der Waals surface area contributed by atoms with Gasteiger partial charge in [-0.1, -0.05) is 42.9 Å². The second kappa shape index (κ2) is 4.81. The summed E-state index contributed by atoms with van der Waals surface area (Å²) in [5.74, 6) is 0. The maximum absolute atomic E-state index is 4.15. The minimum atomic E-state index is 0.796. The topological polar surface area (TPSA) is 0 Å². The molecule has 0 aliphatic carbocycles. The summed E-state index contributed by atoms with van der Waals surface area (Å²) >= 11 is 1.86. The maximum Gasteiger partial charge on any atom is 0.183 e. The van der Waals surface area contributed by atoms with Gasteiger partial charge in [-0.25, -0.2) is 0 Å². The average molecular weight is 180 g/mol. The fourth-order valence-electron chi connectivity index (χ4n) is 1.60. The van der Waals surface area contributed by atoms with E-state index in [0.29, 0.717) is 0 Å². The molecule has 0 radical (unpaired) electrons. The molecular formula is C10H17BS. The number of thioether (sulfide) groups is 1. The molecule has 1 rings (SSSR count). The molecule has 0 aromatic carbocycles. The van der Waals surface area contributed by atoms with Crippen molar-refractivity contribution in [1.82, 2.24) is 0 Å². The Hall–Kier alpha value is -0.105. The highest BCUT2D eigenvalue weighted by Crippen LogP contribution is 2.33. The third-order valence-electron chi connectivity index (χ3n) is 2.51. The largest absolute Gasteiger partial charge is 0.183 e. The molecule has 12 heavy (non-hydrogen) atoms. The van der Waals surface area contributed by atoms with E-state index in [0.717, 1.165) is 6.71 Å². The lowest BCUT2D eigenvalue weighted by molar-refractivity contribution is 0.935. The third-order valence-corrected chi connectivity index (χ3v) is 3.66. The van der Waals surface area contributed by atoms with E-state index in [2.05, 4.69) is 26.5 Å². The van der Waals surface area contributed by atoms with Gasteiger partial charge in [-0.05, 0) is 18.8 Å². The van der Waals surface area contributed by atoms with Crippen LogP contribution in [0.4, 0.5) is 0 Å². The first-order valence-corrected chi connectivity index (χ1v) is 5.55. The second-order valence-electron chi connectivity index (χ2n) is 3.45. The Morgan fingerprint density at radius 2 is 2.00 bits per heavy atom. The van der Waals surface area contributed by atoms with Crippen molar-refractivity contribution in [2.45, 2.75) is 39.3 Å². The number of hydrogen-bond donors (Lipinski definition) is 0. The summed E-state index contributed by atoms with van der Waals surface area (Å²) in [4.78, 5) is 2.76. The molecule has 0 bridgehead atoms. The highest BCUT2D eigenvalue weighted by atomic mass is 32.2. The van der Waals surface area contributed by atoms with E-state index >= 15 is 0 Å². The van der Waals surface area contributed by atoms with Crippen molar-refractivity contribution in [1.29, 1.82) is 0 Å². The van der Waals surface area contributed by atoms with Crippen LogP contribution in [0.25, 0.3) is 0 Å². The van der Waals surface area contributed by atoms with Crippen LogP contribution in [-0.4, -0.2) is 6.71 Å². The van der Waals surface area contributed by atoms with Gasteiger partial charge in [0.25, 0.3) is 0 Å². The van der Waals surface area contributed by atoms with Gasteiger partial charge in [0.2, 0.25) is 0 Å². The van der Waals surface area contributed by atoms with Crippen molar-refractivity contribution >= 4 is 18.5 Å². The van der Waals surface area contributed by atoms with Crippen LogP contribution in [0.2, 0.25) is 12.6 Å². The van der Waals surface area contributed by atoms with Crippen LogP contribution in [0.15, 0.2) is 22.4 Å². The summed E-state index contributed by atoms with van der Waals surface area (Å²) in [6.07, 6.45) is 7.69. The van der Waals surface area contributed by atoms with Crippen LogP contribution in [0.1, 0.15) is 26.7 Å². The molecule has 0 aromatic heterocycles. The van der Waals surface area contributed by atoms with Gasteiger partial charge in [-0.3, -0.25) is 0 Å². The Morgan fingerprint density at radius 3 is 2.50 bits per heavy atom. The average Bonchev–Trinajstić information content (AvgIpc) is 2.56. The maximum atomic E-state index is 4.15. The summed E-state index contributed by atoms with van der Waals surface area (Å²) in [5.41, 5.74) is 0. The zero-order chi connectivity index (χ0) is 8.97. The first-order chi connectivity index (χ1) is 5.74. The van der Waals surface area contributed by atoms with Gasteiger partial charge in [-0.2, -0.15) is 0 Å². The molecule has 66 valence electrons. The van der Waals surface area contributed by atoms with Gasteiger partial charge >= 0.3 is 0 Å². The Labute approximate surface area is 80.6 Å². The fourth-order valence-corrected chi connectivity index (χ4v) is 2.53. The van der Waals surface area contributed by atoms with E-state index in [-0.39, 0.29) is 0 Å². The van der Waals surface area contributed by atoms with E-state index < -0.39 is 0 Å². The highest BCUT2D eigenvalue weighted by molar-refractivity contribution is 8.08. The normalized spacial score (nSPS) is 18.5. The van der Waals surface area contributed by atoms with Crippen molar-refractivity contribution in [3.8, 4) is 0 Å². The standard InChI is InChI=1S/C10H17BS/c1-4-9(2)12-10(3)11-7-5-6-8-11/h4H,3,5-8H2,1-2H3/b9-4-. The predicted octanol–water partition coefficient (Wildman–Crippen LogP) is 3.98. The van der Waals surface area contributed by atoms with E-state index in [1.807, 2.05) is 11.8 Å². The van der Waals surface area contributed by atoms with Crippen LogP contribution in [0, 0.1) is 0 Å². The van der Waals surface area contributed by atoms with Gasteiger partial charge in [-0.15, -0.1) is 11.8 Å². The van der Waals surface area contributed by atoms with E-state index in [9.17, 15) is 0 Å². The highest BCUT2D eigenvalue weighted by Gasteiger charge is 2.22. The number of allylic oxidation sites excluding steroid dienone is 2. The van der Waals surface area contributed by atoms with Crippen LogP contribution < -0.4 is 0 Å².